The van der Waals surface area contributed by atoms with Crippen molar-refractivity contribution in [1.29, 1.82) is 0 Å². The molecule has 0 saturated carbocycles. The third-order valence-electron chi connectivity index (χ3n) is 6.43. The summed E-state index contributed by atoms with van der Waals surface area (Å²) in [6.45, 7) is 6.94. The highest BCUT2D eigenvalue weighted by Crippen LogP contribution is 2.22. The van der Waals surface area contributed by atoms with E-state index in [1.54, 1.807) is 18.0 Å². The van der Waals surface area contributed by atoms with Gasteiger partial charge in [0.15, 0.2) is 0 Å². The molecule has 0 spiro atoms. The molecular formula is C23H30N6O2. The number of hydrogen-bond donors (Lipinski definition) is 0. The molecule has 4 heterocycles. The molecule has 5 rings (SSSR count). The molecule has 1 aromatic carbocycles. The third-order valence-corrected chi connectivity index (χ3v) is 6.43. The van der Waals surface area contributed by atoms with E-state index in [0.717, 1.165) is 56.9 Å². The molecule has 0 atom stereocenters. The molecule has 8 nitrogen and oxygen atoms in total. The SMILES string of the molecule is COCCn1cnc2cc(N3CCN(Cc4cc5n(n4)CCCC5)CC3)ccc2c1=O. The summed E-state index contributed by atoms with van der Waals surface area (Å²) in [6.07, 6.45) is 5.31. The molecule has 1 fully saturated rings. The first kappa shape index (κ1) is 20.2. The van der Waals surface area contributed by atoms with Gasteiger partial charge >= 0.3 is 0 Å². The Bertz CT molecular complexity index is 1090. The van der Waals surface area contributed by atoms with E-state index >= 15 is 0 Å². The molecule has 2 aromatic heterocycles. The Balaban J connectivity index is 1.23. The molecule has 0 bridgehead atoms. The maximum Gasteiger partial charge on any atom is 0.261 e. The second-order valence-electron chi connectivity index (χ2n) is 8.51. The van der Waals surface area contributed by atoms with Crippen molar-refractivity contribution in [2.24, 2.45) is 0 Å². The topological polar surface area (TPSA) is 68.4 Å². The minimum Gasteiger partial charge on any atom is -0.383 e. The highest BCUT2D eigenvalue weighted by atomic mass is 16.5. The van der Waals surface area contributed by atoms with Gasteiger partial charge in [0.25, 0.3) is 5.56 Å². The Kier molecular flexibility index (Phi) is 5.74. The fourth-order valence-electron chi connectivity index (χ4n) is 4.64. The van der Waals surface area contributed by atoms with Crippen LogP contribution in [0.4, 0.5) is 5.69 Å². The van der Waals surface area contributed by atoms with Crippen LogP contribution in [0.3, 0.4) is 0 Å². The first-order valence-electron chi connectivity index (χ1n) is 11.2. The number of aromatic nitrogens is 4. The van der Waals surface area contributed by atoms with Gasteiger partial charge in [-0.25, -0.2) is 4.98 Å². The molecule has 0 amide bonds. The largest absolute Gasteiger partial charge is 0.383 e. The fourth-order valence-corrected chi connectivity index (χ4v) is 4.64. The zero-order chi connectivity index (χ0) is 21.2. The summed E-state index contributed by atoms with van der Waals surface area (Å²) in [6, 6.07) is 8.28. The Morgan fingerprint density at radius 2 is 1.94 bits per heavy atom. The summed E-state index contributed by atoms with van der Waals surface area (Å²) in [5, 5.41) is 5.46. The van der Waals surface area contributed by atoms with Crippen LogP contribution < -0.4 is 10.5 Å². The maximum atomic E-state index is 12.7. The fraction of sp³-hybridized carbons (Fsp3) is 0.522. The molecular weight excluding hydrogens is 392 g/mol. The highest BCUT2D eigenvalue weighted by molar-refractivity contribution is 5.81. The molecule has 0 unspecified atom stereocenters. The zero-order valence-corrected chi connectivity index (χ0v) is 18.2. The molecule has 2 aliphatic rings. The van der Waals surface area contributed by atoms with Crippen molar-refractivity contribution in [3.05, 3.63) is 52.3 Å². The van der Waals surface area contributed by atoms with Crippen LogP contribution in [0, 0.1) is 0 Å². The van der Waals surface area contributed by atoms with Gasteiger partial charge in [0.2, 0.25) is 0 Å². The average molecular weight is 423 g/mol. The molecule has 8 heteroatoms. The van der Waals surface area contributed by atoms with Crippen LogP contribution in [0.1, 0.15) is 24.2 Å². The van der Waals surface area contributed by atoms with Crippen LogP contribution in [0.15, 0.2) is 35.4 Å². The summed E-state index contributed by atoms with van der Waals surface area (Å²) < 4.78 is 8.88. The number of hydrogen-bond acceptors (Lipinski definition) is 6. The first-order valence-corrected chi connectivity index (χ1v) is 11.2. The molecule has 2 aliphatic heterocycles. The molecule has 0 aliphatic carbocycles. The summed E-state index contributed by atoms with van der Waals surface area (Å²) >= 11 is 0. The van der Waals surface area contributed by atoms with Gasteiger partial charge < -0.3 is 9.64 Å². The number of anilines is 1. The Morgan fingerprint density at radius 1 is 1.06 bits per heavy atom. The van der Waals surface area contributed by atoms with Gasteiger partial charge in [-0.05, 0) is 43.5 Å². The Labute approximate surface area is 182 Å². The lowest BCUT2D eigenvalue weighted by Crippen LogP contribution is -2.46. The van der Waals surface area contributed by atoms with E-state index < -0.39 is 0 Å². The van der Waals surface area contributed by atoms with Crippen molar-refractivity contribution in [3.63, 3.8) is 0 Å². The van der Waals surface area contributed by atoms with Gasteiger partial charge in [-0.15, -0.1) is 0 Å². The van der Waals surface area contributed by atoms with E-state index in [4.69, 9.17) is 9.84 Å². The van der Waals surface area contributed by atoms with Crippen LogP contribution in [0.5, 0.6) is 0 Å². The Hall–Kier alpha value is -2.71. The van der Waals surface area contributed by atoms with Gasteiger partial charge in [0.05, 0.1) is 36.1 Å². The van der Waals surface area contributed by atoms with Crippen molar-refractivity contribution < 1.29 is 4.74 Å². The monoisotopic (exact) mass is 422 g/mol. The molecule has 1 saturated heterocycles. The minimum atomic E-state index is -0.0128. The van der Waals surface area contributed by atoms with Crippen molar-refractivity contribution in [3.8, 4) is 0 Å². The summed E-state index contributed by atoms with van der Waals surface area (Å²) in [5.74, 6) is 0. The van der Waals surface area contributed by atoms with Crippen molar-refractivity contribution >= 4 is 16.6 Å². The normalized spacial score (nSPS) is 17.3. The van der Waals surface area contributed by atoms with E-state index in [9.17, 15) is 4.79 Å². The second kappa shape index (κ2) is 8.80. The molecule has 0 N–H and O–H groups in total. The lowest BCUT2D eigenvalue weighted by molar-refractivity contribution is 0.186. The number of rotatable bonds is 6. The summed E-state index contributed by atoms with van der Waals surface area (Å²) in [7, 11) is 1.63. The molecule has 0 radical (unpaired) electrons. The van der Waals surface area contributed by atoms with E-state index in [-0.39, 0.29) is 5.56 Å². The molecule has 31 heavy (non-hydrogen) atoms. The number of fused-ring (bicyclic) bond motifs is 2. The van der Waals surface area contributed by atoms with Crippen molar-refractivity contribution in [2.45, 2.75) is 38.9 Å². The van der Waals surface area contributed by atoms with E-state index in [2.05, 4.69) is 25.5 Å². The second-order valence-corrected chi connectivity index (χ2v) is 8.51. The predicted molar refractivity (Wildman–Crippen MR) is 121 cm³/mol. The van der Waals surface area contributed by atoms with Crippen molar-refractivity contribution in [1.82, 2.24) is 24.2 Å². The van der Waals surface area contributed by atoms with Crippen molar-refractivity contribution in [2.75, 3.05) is 44.8 Å². The lowest BCUT2D eigenvalue weighted by atomic mass is 10.1. The first-order chi connectivity index (χ1) is 15.2. The number of piperazine rings is 1. The van der Waals surface area contributed by atoms with Crippen LogP contribution in [-0.2, 0) is 30.8 Å². The quantitative estimate of drug-likeness (QED) is 0.604. The number of ether oxygens (including phenoxy) is 1. The van der Waals surface area contributed by atoms with E-state index in [0.29, 0.717) is 18.5 Å². The lowest BCUT2D eigenvalue weighted by Gasteiger charge is -2.35. The van der Waals surface area contributed by atoms with Crippen LogP contribution >= 0.6 is 0 Å². The Morgan fingerprint density at radius 3 is 2.74 bits per heavy atom. The number of nitrogens with zero attached hydrogens (tertiary/aromatic N) is 6. The van der Waals surface area contributed by atoms with Crippen LogP contribution in [0.2, 0.25) is 0 Å². The van der Waals surface area contributed by atoms with Crippen LogP contribution in [0.25, 0.3) is 10.9 Å². The third kappa shape index (κ3) is 4.22. The maximum absolute atomic E-state index is 12.7. The predicted octanol–water partition coefficient (Wildman–Crippen LogP) is 1.90. The average Bonchev–Trinajstić information content (AvgIpc) is 3.21. The zero-order valence-electron chi connectivity index (χ0n) is 18.2. The van der Waals surface area contributed by atoms with E-state index in [1.807, 2.05) is 18.2 Å². The smallest absolute Gasteiger partial charge is 0.261 e. The van der Waals surface area contributed by atoms with Gasteiger partial charge in [0, 0.05) is 57.8 Å². The van der Waals surface area contributed by atoms with Gasteiger partial charge in [-0.1, -0.05) is 0 Å². The van der Waals surface area contributed by atoms with Gasteiger partial charge in [0.1, 0.15) is 0 Å². The minimum absolute atomic E-state index is 0.0128. The summed E-state index contributed by atoms with van der Waals surface area (Å²) in [4.78, 5) is 22.0. The number of aryl methyl sites for hydroxylation is 2. The van der Waals surface area contributed by atoms with Crippen LogP contribution in [-0.4, -0.2) is 64.1 Å². The highest BCUT2D eigenvalue weighted by Gasteiger charge is 2.20. The standard InChI is InChI=1S/C23H30N6O2/c1-31-13-12-28-17-24-22-15-19(5-6-21(22)23(28)30)27-10-8-26(9-11-27)16-18-14-20-4-2-3-7-29(20)25-18/h5-6,14-15,17H,2-4,7-13,16H2,1H3. The number of methoxy groups -OCH3 is 1. The van der Waals surface area contributed by atoms with E-state index in [1.165, 1.54) is 24.2 Å². The number of benzene rings is 1. The summed E-state index contributed by atoms with van der Waals surface area (Å²) in [5.41, 5.74) is 4.46. The molecule has 164 valence electrons. The van der Waals surface area contributed by atoms with Gasteiger partial charge in [-0.3, -0.25) is 18.9 Å². The molecule has 3 aromatic rings. The van der Waals surface area contributed by atoms with Gasteiger partial charge in [-0.2, -0.15) is 5.10 Å².